The number of hydrogen-bond donors (Lipinski definition) is 2. The van der Waals surface area contributed by atoms with Gasteiger partial charge in [-0.25, -0.2) is 0 Å². The van der Waals surface area contributed by atoms with Crippen LogP contribution in [0.4, 0.5) is 5.69 Å². The van der Waals surface area contributed by atoms with E-state index in [4.69, 9.17) is 0 Å². The average Bonchev–Trinajstić information content (AvgIpc) is 2.59. The molecule has 124 valence electrons. The molecule has 24 heavy (non-hydrogen) atoms. The van der Waals surface area contributed by atoms with E-state index in [1.54, 1.807) is 48.8 Å². The fraction of sp³-hybridized carbons (Fsp3) is 0.211. The molecule has 0 unspecified atom stereocenters. The molecule has 0 radical (unpaired) electrons. The van der Waals surface area contributed by atoms with Crippen LogP contribution >= 0.6 is 0 Å². The molecule has 0 aliphatic heterocycles. The summed E-state index contributed by atoms with van der Waals surface area (Å²) in [6.07, 6.45) is 6.42. The van der Waals surface area contributed by atoms with Gasteiger partial charge in [-0.2, -0.15) is 0 Å². The van der Waals surface area contributed by atoms with E-state index in [0.717, 1.165) is 5.56 Å². The Labute approximate surface area is 141 Å². The molecule has 5 heteroatoms. The number of carbonyl (C=O) groups is 2. The van der Waals surface area contributed by atoms with Crippen LogP contribution in [-0.4, -0.2) is 23.3 Å². The number of rotatable bonds is 6. The Morgan fingerprint density at radius 3 is 2.67 bits per heavy atom. The number of carbonyl (C=O) groups excluding carboxylic acids is 2. The second kappa shape index (κ2) is 8.62. The van der Waals surface area contributed by atoms with Gasteiger partial charge in [0, 0.05) is 25.0 Å². The Morgan fingerprint density at radius 1 is 1.17 bits per heavy atom. The maximum absolute atomic E-state index is 12.2. The number of benzene rings is 1. The monoisotopic (exact) mass is 323 g/mol. The molecule has 1 aromatic heterocycles. The molecule has 0 aliphatic carbocycles. The molecule has 0 bridgehead atoms. The molecule has 1 aromatic carbocycles. The van der Waals surface area contributed by atoms with Crippen molar-refractivity contribution in [3.8, 4) is 0 Å². The normalized spacial score (nSPS) is 10.8. The molecule has 5 nitrogen and oxygen atoms in total. The first kappa shape index (κ1) is 17.4. The molecular weight excluding hydrogens is 302 g/mol. The molecular formula is C19H21N3O2. The first-order valence-electron chi connectivity index (χ1n) is 7.82. The molecule has 0 fully saturated rings. The van der Waals surface area contributed by atoms with Crippen molar-refractivity contribution in [2.75, 3.05) is 11.9 Å². The zero-order chi connectivity index (χ0) is 17.4. The van der Waals surface area contributed by atoms with Crippen molar-refractivity contribution in [2.45, 2.75) is 13.8 Å². The average molecular weight is 323 g/mol. The smallest absolute Gasteiger partial charge is 0.253 e. The number of para-hydroxylation sites is 1. The highest BCUT2D eigenvalue weighted by Gasteiger charge is 2.12. The summed E-state index contributed by atoms with van der Waals surface area (Å²) in [7, 11) is 0. The van der Waals surface area contributed by atoms with Gasteiger partial charge in [0.15, 0.2) is 0 Å². The summed E-state index contributed by atoms with van der Waals surface area (Å²) in [5.41, 5.74) is 1.76. The molecule has 0 aliphatic rings. The Morgan fingerprint density at radius 2 is 1.96 bits per heavy atom. The van der Waals surface area contributed by atoms with Gasteiger partial charge in [0.1, 0.15) is 0 Å². The van der Waals surface area contributed by atoms with Crippen LogP contribution in [0.15, 0.2) is 54.9 Å². The summed E-state index contributed by atoms with van der Waals surface area (Å²) in [6, 6.07) is 10.6. The summed E-state index contributed by atoms with van der Waals surface area (Å²) >= 11 is 0. The lowest BCUT2D eigenvalue weighted by Crippen LogP contribution is -2.28. The summed E-state index contributed by atoms with van der Waals surface area (Å²) in [6.45, 7) is 4.64. The van der Waals surface area contributed by atoms with E-state index in [9.17, 15) is 9.59 Å². The van der Waals surface area contributed by atoms with Crippen molar-refractivity contribution in [3.05, 3.63) is 66.0 Å². The molecule has 1 heterocycles. The third kappa shape index (κ3) is 5.35. The van der Waals surface area contributed by atoms with Gasteiger partial charge in [-0.1, -0.05) is 32.0 Å². The van der Waals surface area contributed by atoms with Crippen LogP contribution in [0.1, 0.15) is 29.8 Å². The molecule has 2 amide bonds. The Balaban J connectivity index is 2.05. The predicted molar refractivity (Wildman–Crippen MR) is 95.5 cm³/mol. The number of anilines is 1. The van der Waals surface area contributed by atoms with Crippen molar-refractivity contribution in [3.63, 3.8) is 0 Å². The van der Waals surface area contributed by atoms with Crippen LogP contribution < -0.4 is 10.6 Å². The summed E-state index contributed by atoms with van der Waals surface area (Å²) in [4.78, 5) is 28.3. The molecule has 0 saturated carbocycles. The second-order valence-electron chi connectivity index (χ2n) is 5.76. The van der Waals surface area contributed by atoms with Crippen molar-refractivity contribution in [1.29, 1.82) is 0 Å². The van der Waals surface area contributed by atoms with Crippen LogP contribution in [0.25, 0.3) is 6.08 Å². The maximum Gasteiger partial charge on any atom is 0.253 e. The van der Waals surface area contributed by atoms with E-state index < -0.39 is 0 Å². The highest BCUT2D eigenvalue weighted by molar-refractivity contribution is 6.07. The zero-order valence-electron chi connectivity index (χ0n) is 13.8. The first-order chi connectivity index (χ1) is 11.6. The van der Waals surface area contributed by atoms with Gasteiger partial charge in [0.2, 0.25) is 5.91 Å². The van der Waals surface area contributed by atoms with Crippen molar-refractivity contribution < 1.29 is 9.59 Å². The van der Waals surface area contributed by atoms with E-state index in [0.29, 0.717) is 23.7 Å². The van der Waals surface area contributed by atoms with Crippen molar-refractivity contribution in [1.82, 2.24) is 10.3 Å². The summed E-state index contributed by atoms with van der Waals surface area (Å²) < 4.78 is 0. The molecule has 0 atom stereocenters. The Hall–Kier alpha value is -2.95. The zero-order valence-corrected chi connectivity index (χ0v) is 13.8. The lowest BCUT2D eigenvalue weighted by atomic mass is 10.1. The first-order valence-corrected chi connectivity index (χ1v) is 7.82. The number of amides is 2. The van der Waals surface area contributed by atoms with E-state index >= 15 is 0 Å². The van der Waals surface area contributed by atoms with Gasteiger partial charge >= 0.3 is 0 Å². The minimum Gasteiger partial charge on any atom is -0.352 e. The Kier molecular flexibility index (Phi) is 6.25. The summed E-state index contributed by atoms with van der Waals surface area (Å²) in [5.74, 6) is -0.142. The SMILES string of the molecule is CC(C)CNC(=O)c1ccccc1NC(=O)/C=C/c1cccnc1. The standard InChI is InChI=1S/C19H21N3O2/c1-14(2)12-21-19(24)16-7-3-4-8-17(16)22-18(23)10-9-15-6-5-11-20-13-15/h3-11,13-14H,12H2,1-2H3,(H,21,24)(H,22,23)/b10-9+. The highest BCUT2D eigenvalue weighted by Crippen LogP contribution is 2.15. The van der Waals surface area contributed by atoms with Gasteiger partial charge in [-0.3, -0.25) is 14.6 Å². The van der Waals surface area contributed by atoms with E-state index in [2.05, 4.69) is 15.6 Å². The van der Waals surface area contributed by atoms with Crippen molar-refractivity contribution in [2.24, 2.45) is 5.92 Å². The topological polar surface area (TPSA) is 71.1 Å². The van der Waals surface area contributed by atoms with E-state index in [1.807, 2.05) is 19.9 Å². The van der Waals surface area contributed by atoms with Gasteiger partial charge in [0.25, 0.3) is 5.91 Å². The van der Waals surface area contributed by atoms with Gasteiger partial charge in [-0.05, 0) is 35.8 Å². The number of hydrogen-bond acceptors (Lipinski definition) is 3. The molecule has 2 N–H and O–H groups in total. The minimum atomic E-state index is -0.303. The Bertz CT molecular complexity index is 724. The number of nitrogens with zero attached hydrogens (tertiary/aromatic N) is 1. The quantitative estimate of drug-likeness (QED) is 0.802. The number of aromatic nitrogens is 1. The third-order valence-electron chi connectivity index (χ3n) is 3.21. The fourth-order valence-corrected chi connectivity index (χ4v) is 2.00. The largest absolute Gasteiger partial charge is 0.352 e. The minimum absolute atomic E-state index is 0.198. The van der Waals surface area contributed by atoms with Crippen LogP contribution in [0.3, 0.4) is 0 Å². The van der Waals surface area contributed by atoms with Crippen LogP contribution in [0, 0.1) is 5.92 Å². The van der Waals surface area contributed by atoms with Gasteiger partial charge in [0.05, 0.1) is 11.3 Å². The molecule has 2 aromatic rings. The van der Waals surface area contributed by atoms with Gasteiger partial charge in [-0.15, -0.1) is 0 Å². The number of nitrogens with one attached hydrogen (secondary N) is 2. The highest BCUT2D eigenvalue weighted by atomic mass is 16.2. The lowest BCUT2D eigenvalue weighted by Gasteiger charge is -2.11. The maximum atomic E-state index is 12.2. The van der Waals surface area contributed by atoms with Crippen molar-refractivity contribution >= 4 is 23.6 Å². The molecule has 0 saturated heterocycles. The second-order valence-corrected chi connectivity index (χ2v) is 5.76. The van der Waals surface area contributed by atoms with E-state index in [-0.39, 0.29) is 11.8 Å². The van der Waals surface area contributed by atoms with E-state index in [1.165, 1.54) is 6.08 Å². The predicted octanol–water partition coefficient (Wildman–Crippen LogP) is 3.12. The van der Waals surface area contributed by atoms with Crippen LogP contribution in [0.2, 0.25) is 0 Å². The number of pyridine rings is 1. The molecule has 2 rings (SSSR count). The van der Waals surface area contributed by atoms with Gasteiger partial charge < -0.3 is 10.6 Å². The third-order valence-corrected chi connectivity index (χ3v) is 3.21. The molecule has 0 spiro atoms. The van der Waals surface area contributed by atoms with Crippen LogP contribution in [0.5, 0.6) is 0 Å². The van der Waals surface area contributed by atoms with Crippen LogP contribution in [-0.2, 0) is 4.79 Å². The fourth-order valence-electron chi connectivity index (χ4n) is 2.00. The summed E-state index contributed by atoms with van der Waals surface area (Å²) in [5, 5.41) is 5.60. The lowest BCUT2D eigenvalue weighted by molar-refractivity contribution is -0.111.